The summed E-state index contributed by atoms with van der Waals surface area (Å²) < 4.78 is 33.2. The van der Waals surface area contributed by atoms with E-state index in [2.05, 4.69) is 4.72 Å². The summed E-state index contributed by atoms with van der Waals surface area (Å²) >= 11 is 0. The monoisotopic (exact) mass is 344 g/mol. The van der Waals surface area contributed by atoms with Crippen LogP contribution in [-0.4, -0.2) is 21.1 Å². The molecule has 0 saturated heterocycles. The lowest BCUT2D eigenvalue weighted by molar-refractivity contribution is 0.284. The fourth-order valence-electron chi connectivity index (χ4n) is 2.39. The number of ether oxygens (including phenoxy) is 1. The number of nitrogens with one attached hydrogen (secondary N) is 1. The molecule has 24 heavy (non-hydrogen) atoms. The number of nitriles is 1. The van der Waals surface area contributed by atoms with E-state index in [9.17, 15) is 8.42 Å². The Morgan fingerprint density at radius 2 is 1.75 bits per heavy atom. The van der Waals surface area contributed by atoms with Crippen LogP contribution < -0.4 is 9.46 Å². The van der Waals surface area contributed by atoms with E-state index < -0.39 is 16.1 Å². The van der Waals surface area contributed by atoms with Gasteiger partial charge in [-0.05, 0) is 44.0 Å². The first-order valence-corrected chi connectivity index (χ1v) is 9.04. The van der Waals surface area contributed by atoms with Crippen molar-refractivity contribution in [1.82, 2.24) is 4.72 Å². The minimum Gasteiger partial charge on any atom is -0.491 e. The maximum absolute atomic E-state index is 12.4. The van der Waals surface area contributed by atoms with E-state index >= 15 is 0 Å². The summed E-state index contributed by atoms with van der Waals surface area (Å²) in [5.41, 5.74) is 2.12. The molecule has 0 spiro atoms. The maximum atomic E-state index is 12.4. The van der Waals surface area contributed by atoms with Crippen LogP contribution in [0.2, 0.25) is 0 Å². The van der Waals surface area contributed by atoms with Crippen LogP contribution in [0.1, 0.15) is 23.6 Å². The number of rotatable bonds is 6. The quantitative estimate of drug-likeness (QED) is 0.874. The van der Waals surface area contributed by atoms with E-state index in [1.165, 1.54) is 12.1 Å². The zero-order valence-corrected chi connectivity index (χ0v) is 14.7. The third-order valence-electron chi connectivity index (χ3n) is 3.54. The second-order valence-corrected chi connectivity index (χ2v) is 7.34. The number of nitrogens with zero attached hydrogens (tertiary/aromatic N) is 1. The minimum atomic E-state index is -3.78. The van der Waals surface area contributed by atoms with Gasteiger partial charge in [0.2, 0.25) is 10.0 Å². The molecule has 2 aromatic rings. The Balaban J connectivity index is 2.09. The third-order valence-corrected chi connectivity index (χ3v) is 5.19. The van der Waals surface area contributed by atoms with E-state index in [1.807, 2.05) is 38.1 Å². The molecule has 0 amide bonds. The van der Waals surface area contributed by atoms with Crippen molar-refractivity contribution in [2.24, 2.45) is 0 Å². The molecule has 0 aliphatic heterocycles. The normalized spacial score (nSPS) is 12.4. The fourth-order valence-corrected chi connectivity index (χ4v) is 3.78. The zero-order valence-electron chi connectivity index (χ0n) is 13.9. The summed E-state index contributed by atoms with van der Waals surface area (Å²) in [6, 6.07) is 13.4. The fraction of sp³-hybridized carbons (Fsp3) is 0.278. The molecule has 0 heterocycles. The average Bonchev–Trinajstić information content (AvgIpc) is 2.54. The smallest absolute Gasteiger partial charge is 0.242 e. The largest absolute Gasteiger partial charge is 0.491 e. The predicted molar refractivity (Wildman–Crippen MR) is 92.4 cm³/mol. The number of sulfonamides is 1. The average molecular weight is 344 g/mol. The zero-order chi connectivity index (χ0) is 17.7. The number of hydrogen-bond acceptors (Lipinski definition) is 4. The van der Waals surface area contributed by atoms with Gasteiger partial charge in [0.05, 0.1) is 16.5 Å². The van der Waals surface area contributed by atoms with Gasteiger partial charge in [0.15, 0.2) is 0 Å². The third kappa shape index (κ3) is 4.13. The summed E-state index contributed by atoms with van der Waals surface area (Å²) in [6.45, 7) is 5.81. The number of para-hydroxylation sites is 1. The Hall–Kier alpha value is -2.36. The van der Waals surface area contributed by atoms with Crippen LogP contribution in [0.3, 0.4) is 0 Å². The number of aryl methyl sites for hydroxylation is 2. The topological polar surface area (TPSA) is 79.2 Å². The number of benzene rings is 2. The van der Waals surface area contributed by atoms with Crippen molar-refractivity contribution in [1.29, 1.82) is 5.26 Å². The molecule has 2 rings (SSSR count). The van der Waals surface area contributed by atoms with Gasteiger partial charge in [-0.15, -0.1) is 0 Å². The van der Waals surface area contributed by atoms with Gasteiger partial charge in [-0.2, -0.15) is 5.26 Å². The second kappa shape index (κ2) is 7.47. The number of hydrogen-bond donors (Lipinski definition) is 1. The Morgan fingerprint density at radius 3 is 2.38 bits per heavy atom. The predicted octanol–water partition coefficient (Wildman–Crippen LogP) is 2.92. The molecule has 0 saturated carbocycles. The van der Waals surface area contributed by atoms with Crippen molar-refractivity contribution in [3.63, 3.8) is 0 Å². The van der Waals surface area contributed by atoms with Crippen LogP contribution in [0.4, 0.5) is 0 Å². The van der Waals surface area contributed by atoms with Crippen LogP contribution in [-0.2, 0) is 10.0 Å². The highest BCUT2D eigenvalue weighted by atomic mass is 32.2. The lowest BCUT2D eigenvalue weighted by atomic mass is 10.1. The van der Waals surface area contributed by atoms with Crippen LogP contribution in [0.5, 0.6) is 5.75 Å². The first-order chi connectivity index (χ1) is 11.3. The van der Waals surface area contributed by atoms with Gasteiger partial charge >= 0.3 is 0 Å². The summed E-state index contributed by atoms with van der Waals surface area (Å²) in [7, 11) is -3.78. The molecule has 0 bridgehead atoms. The lowest BCUT2D eigenvalue weighted by Gasteiger charge is -2.18. The second-order valence-electron chi connectivity index (χ2n) is 5.66. The molecule has 1 atom stereocenters. The van der Waals surface area contributed by atoms with Crippen molar-refractivity contribution in [3.05, 3.63) is 59.2 Å². The molecule has 0 radical (unpaired) electrons. The Kier molecular flexibility index (Phi) is 5.60. The summed E-state index contributed by atoms with van der Waals surface area (Å²) in [5, 5.41) is 9.06. The SMILES string of the molecule is Cc1cccc(C)c1OCC(C)NS(=O)(=O)c1ccccc1C#N. The van der Waals surface area contributed by atoms with Gasteiger partial charge < -0.3 is 4.74 Å². The Morgan fingerprint density at radius 1 is 1.12 bits per heavy atom. The van der Waals surface area contributed by atoms with E-state index in [1.54, 1.807) is 19.1 Å². The highest BCUT2D eigenvalue weighted by Gasteiger charge is 2.21. The molecule has 5 nitrogen and oxygen atoms in total. The maximum Gasteiger partial charge on any atom is 0.242 e. The van der Waals surface area contributed by atoms with Gasteiger partial charge in [-0.25, -0.2) is 13.1 Å². The molecule has 1 N–H and O–H groups in total. The van der Waals surface area contributed by atoms with Gasteiger partial charge in [0.1, 0.15) is 18.4 Å². The molecular formula is C18H20N2O3S. The molecule has 0 aliphatic rings. The Bertz CT molecular complexity index is 850. The van der Waals surface area contributed by atoms with Crippen molar-refractivity contribution in [2.45, 2.75) is 31.7 Å². The highest BCUT2D eigenvalue weighted by molar-refractivity contribution is 7.89. The molecule has 1 unspecified atom stereocenters. The first-order valence-electron chi connectivity index (χ1n) is 7.55. The van der Waals surface area contributed by atoms with Crippen LogP contribution in [0.15, 0.2) is 47.4 Å². The van der Waals surface area contributed by atoms with Gasteiger partial charge in [0.25, 0.3) is 0 Å². The molecule has 6 heteroatoms. The highest BCUT2D eigenvalue weighted by Crippen LogP contribution is 2.22. The van der Waals surface area contributed by atoms with E-state index in [0.29, 0.717) is 0 Å². The van der Waals surface area contributed by atoms with E-state index in [4.69, 9.17) is 10.00 Å². The molecule has 0 aliphatic carbocycles. The van der Waals surface area contributed by atoms with Crippen molar-refractivity contribution < 1.29 is 13.2 Å². The molecule has 2 aromatic carbocycles. The van der Waals surface area contributed by atoms with E-state index in [0.717, 1.165) is 16.9 Å². The van der Waals surface area contributed by atoms with Crippen LogP contribution in [0, 0.1) is 25.2 Å². The standard InChI is InChI=1S/C18H20N2O3S/c1-13-7-6-8-14(2)18(13)23-12-15(3)20-24(21,22)17-10-5-4-9-16(17)11-19/h4-10,15,20H,12H2,1-3H3. The van der Waals surface area contributed by atoms with Gasteiger partial charge in [-0.3, -0.25) is 0 Å². The van der Waals surface area contributed by atoms with Crippen molar-refractivity contribution >= 4 is 10.0 Å². The first kappa shape index (κ1) is 18.0. The molecule has 0 aromatic heterocycles. The van der Waals surface area contributed by atoms with Gasteiger partial charge in [-0.1, -0.05) is 30.3 Å². The Labute approximate surface area is 142 Å². The van der Waals surface area contributed by atoms with E-state index in [-0.39, 0.29) is 17.1 Å². The summed E-state index contributed by atoms with van der Waals surface area (Å²) in [4.78, 5) is -0.0218. The molecule has 0 fully saturated rings. The van der Waals surface area contributed by atoms with Gasteiger partial charge in [0, 0.05) is 0 Å². The van der Waals surface area contributed by atoms with Crippen LogP contribution in [0.25, 0.3) is 0 Å². The van der Waals surface area contributed by atoms with Crippen molar-refractivity contribution in [2.75, 3.05) is 6.61 Å². The summed E-state index contributed by atoms with van der Waals surface area (Å²) in [5.74, 6) is 0.765. The molecule has 126 valence electrons. The minimum absolute atomic E-state index is 0.0218. The van der Waals surface area contributed by atoms with Crippen LogP contribution >= 0.6 is 0 Å². The summed E-state index contributed by atoms with van der Waals surface area (Å²) in [6.07, 6.45) is 0. The lowest BCUT2D eigenvalue weighted by Crippen LogP contribution is -2.37. The molecular weight excluding hydrogens is 324 g/mol. The van der Waals surface area contributed by atoms with Crippen molar-refractivity contribution in [3.8, 4) is 11.8 Å².